The third-order valence-corrected chi connectivity index (χ3v) is 4.78. The number of nitrogen functional groups attached to an aromatic ring is 1. The van der Waals surface area contributed by atoms with Crippen LogP contribution in [0.3, 0.4) is 0 Å². The lowest BCUT2D eigenvalue weighted by atomic mass is 10.1. The molecule has 2 heterocycles. The summed E-state index contributed by atoms with van der Waals surface area (Å²) in [5, 5.41) is 29.3. The molecular weight excluding hydrogens is 250 g/mol. The summed E-state index contributed by atoms with van der Waals surface area (Å²) in [6, 6.07) is 2.13. The van der Waals surface area contributed by atoms with Crippen LogP contribution in [0.25, 0.3) is 0 Å². The normalized spacial score (nSPS) is 27.5. The molecule has 0 bridgehead atoms. The number of aliphatic hydroxyl groups excluding tert-OH is 2. The third-order valence-electron chi connectivity index (χ3n) is 3.60. The lowest BCUT2D eigenvalue weighted by molar-refractivity contribution is 0.0572. The highest BCUT2D eigenvalue weighted by Crippen LogP contribution is 2.52. The van der Waals surface area contributed by atoms with Gasteiger partial charge in [-0.2, -0.15) is 5.26 Å². The van der Waals surface area contributed by atoms with E-state index in [9.17, 15) is 10.2 Å². The molecule has 1 aromatic heterocycles. The van der Waals surface area contributed by atoms with E-state index in [2.05, 4.69) is 6.07 Å². The smallest absolute Gasteiger partial charge is 0.130 e. The van der Waals surface area contributed by atoms with Gasteiger partial charge in [0.2, 0.25) is 0 Å². The maximum atomic E-state index is 9.62. The molecule has 0 radical (unpaired) electrons. The van der Waals surface area contributed by atoms with Crippen molar-refractivity contribution in [2.45, 2.75) is 31.0 Å². The Morgan fingerprint density at radius 1 is 1.28 bits per heavy atom. The highest BCUT2D eigenvalue weighted by molar-refractivity contribution is 7.17. The SMILES string of the molecule is N#Cc1sc(N2CC(O)C(O)C2)c(C2CC2)c1N. The molecule has 2 atom stereocenters. The number of β-amino-alcohol motifs (C(OH)–C–C–N with tert-alkyl or cyclic N) is 2. The standard InChI is InChI=1S/C12H15N3O2S/c13-3-9-11(14)10(6-1-2-6)12(18-9)15-4-7(16)8(17)5-15/h6-8,16-17H,1-2,4-5,14H2. The Morgan fingerprint density at radius 2 is 1.89 bits per heavy atom. The summed E-state index contributed by atoms with van der Waals surface area (Å²) in [7, 11) is 0. The highest BCUT2D eigenvalue weighted by Gasteiger charge is 2.37. The van der Waals surface area contributed by atoms with Crippen LogP contribution in [0.15, 0.2) is 0 Å². The molecule has 6 heteroatoms. The maximum absolute atomic E-state index is 9.62. The van der Waals surface area contributed by atoms with E-state index < -0.39 is 12.2 Å². The van der Waals surface area contributed by atoms with E-state index in [-0.39, 0.29) is 0 Å². The zero-order valence-electron chi connectivity index (χ0n) is 9.83. The van der Waals surface area contributed by atoms with Crippen molar-refractivity contribution >= 4 is 22.0 Å². The van der Waals surface area contributed by atoms with Gasteiger partial charge in [0.1, 0.15) is 10.9 Å². The van der Waals surface area contributed by atoms with E-state index in [0.717, 1.165) is 23.4 Å². The van der Waals surface area contributed by atoms with Crippen molar-refractivity contribution in [2.24, 2.45) is 0 Å². The molecule has 2 fully saturated rings. The van der Waals surface area contributed by atoms with Gasteiger partial charge in [0, 0.05) is 18.7 Å². The molecule has 0 spiro atoms. The third kappa shape index (κ3) is 1.75. The average molecular weight is 265 g/mol. The summed E-state index contributed by atoms with van der Waals surface area (Å²) < 4.78 is 0. The van der Waals surface area contributed by atoms with Crippen molar-refractivity contribution in [3.8, 4) is 6.07 Å². The summed E-state index contributed by atoms with van der Waals surface area (Å²) in [5.74, 6) is 0.452. The number of aliphatic hydroxyl groups is 2. The number of hydrogen-bond donors (Lipinski definition) is 3. The number of anilines is 2. The van der Waals surface area contributed by atoms with E-state index in [1.165, 1.54) is 11.3 Å². The maximum Gasteiger partial charge on any atom is 0.130 e. The molecule has 2 unspecified atom stereocenters. The molecule has 2 aliphatic rings. The molecule has 0 aromatic carbocycles. The molecule has 18 heavy (non-hydrogen) atoms. The van der Waals surface area contributed by atoms with Gasteiger partial charge < -0.3 is 20.8 Å². The summed E-state index contributed by atoms with van der Waals surface area (Å²) in [6.45, 7) is 0.817. The Kier molecular flexibility index (Phi) is 2.70. The first-order valence-corrected chi connectivity index (χ1v) is 6.86. The van der Waals surface area contributed by atoms with Crippen molar-refractivity contribution < 1.29 is 10.2 Å². The number of nitriles is 1. The van der Waals surface area contributed by atoms with Crippen molar-refractivity contribution in [2.75, 3.05) is 23.7 Å². The van der Waals surface area contributed by atoms with Crippen LogP contribution >= 0.6 is 11.3 Å². The van der Waals surface area contributed by atoms with Crippen LogP contribution in [-0.4, -0.2) is 35.5 Å². The lowest BCUT2D eigenvalue weighted by Crippen LogP contribution is -2.22. The predicted molar refractivity (Wildman–Crippen MR) is 69.6 cm³/mol. The highest BCUT2D eigenvalue weighted by atomic mass is 32.1. The van der Waals surface area contributed by atoms with Gasteiger partial charge in [-0.1, -0.05) is 0 Å². The van der Waals surface area contributed by atoms with Gasteiger partial charge in [-0.25, -0.2) is 0 Å². The lowest BCUT2D eigenvalue weighted by Gasteiger charge is -2.17. The van der Waals surface area contributed by atoms with Crippen LogP contribution < -0.4 is 10.6 Å². The zero-order valence-corrected chi connectivity index (χ0v) is 10.7. The number of thiophene rings is 1. The molecular formula is C12H15N3O2S. The van der Waals surface area contributed by atoms with Gasteiger partial charge in [-0.15, -0.1) is 11.3 Å². The summed E-state index contributed by atoms with van der Waals surface area (Å²) in [6.07, 6.45) is 0.784. The van der Waals surface area contributed by atoms with Crippen LogP contribution in [0.2, 0.25) is 0 Å². The minimum Gasteiger partial charge on any atom is -0.397 e. The van der Waals surface area contributed by atoms with Gasteiger partial charge >= 0.3 is 0 Å². The first kappa shape index (κ1) is 11.8. The molecule has 1 aliphatic heterocycles. The fourth-order valence-corrected chi connectivity index (χ4v) is 3.59. The zero-order chi connectivity index (χ0) is 12.9. The van der Waals surface area contributed by atoms with E-state index in [0.29, 0.717) is 29.6 Å². The van der Waals surface area contributed by atoms with Gasteiger partial charge in [0.15, 0.2) is 0 Å². The Morgan fingerprint density at radius 3 is 2.39 bits per heavy atom. The van der Waals surface area contributed by atoms with Crippen LogP contribution in [-0.2, 0) is 0 Å². The molecule has 3 rings (SSSR count). The van der Waals surface area contributed by atoms with Crippen LogP contribution in [0.1, 0.15) is 29.2 Å². The first-order valence-electron chi connectivity index (χ1n) is 6.05. The van der Waals surface area contributed by atoms with Crippen LogP contribution in [0.4, 0.5) is 10.7 Å². The van der Waals surface area contributed by atoms with E-state index >= 15 is 0 Å². The summed E-state index contributed by atoms with van der Waals surface area (Å²) >= 11 is 1.37. The summed E-state index contributed by atoms with van der Waals surface area (Å²) in [4.78, 5) is 2.49. The second-order valence-corrected chi connectivity index (χ2v) is 5.99. The average Bonchev–Trinajstić information content (AvgIpc) is 3.04. The Labute approximate surface area is 109 Å². The quantitative estimate of drug-likeness (QED) is 0.729. The second kappa shape index (κ2) is 4.12. The van der Waals surface area contributed by atoms with Gasteiger partial charge in [-0.3, -0.25) is 0 Å². The second-order valence-electron chi connectivity index (χ2n) is 4.99. The molecule has 1 saturated carbocycles. The van der Waals surface area contributed by atoms with Gasteiger partial charge in [0.25, 0.3) is 0 Å². The predicted octanol–water partition coefficient (Wildman–Crippen LogP) is 0.621. The fraction of sp³-hybridized carbons (Fsp3) is 0.583. The van der Waals surface area contributed by atoms with Crippen LogP contribution in [0, 0.1) is 11.3 Å². The van der Waals surface area contributed by atoms with Crippen molar-refractivity contribution in [1.29, 1.82) is 5.26 Å². The molecule has 1 aliphatic carbocycles. The number of hydrogen-bond acceptors (Lipinski definition) is 6. The van der Waals surface area contributed by atoms with E-state index in [1.54, 1.807) is 0 Å². The number of nitrogens with zero attached hydrogens (tertiary/aromatic N) is 2. The minimum atomic E-state index is -0.717. The van der Waals surface area contributed by atoms with Crippen molar-refractivity contribution in [3.63, 3.8) is 0 Å². The largest absolute Gasteiger partial charge is 0.397 e. The molecule has 1 saturated heterocycles. The summed E-state index contributed by atoms with van der Waals surface area (Å²) in [5.41, 5.74) is 7.68. The monoisotopic (exact) mass is 265 g/mol. The van der Waals surface area contributed by atoms with Crippen molar-refractivity contribution in [3.05, 3.63) is 10.4 Å². The van der Waals surface area contributed by atoms with Gasteiger partial charge in [-0.05, 0) is 18.8 Å². The van der Waals surface area contributed by atoms with Gasteiger partial charge in [0.05, 0.1) is 22.9 Å². The molecule has 96 valence electrons. The topological polar surface area (TPSA) is 93.5 Å². The molecule has 0 amide bonds. The Bertz CT molecular complexity index is 508. The number of nitrogens with two attached hydrogens (primary N) is 1. The van der Waals surface area contributed by atoms with E-state index in [1.807, 2.05) is 4.90 Å². The van der Waals surface area contributed by atoms with Crippen molar-refractivity contribution in [1.82, 2.24) is 0 Å². The first-order chi connectivity index (χ1) is 8.61. The molecule has 5 nitrogen and oxygen atoms in total. The Hall–Kier alpha value is -1.29. The Balaban J connectivity index is 1.99. The fourth-order valence-electron chi connectivity index (χ4n) is 2.46. The van der Waals surface area contributed by atoms with E-state index in [4.69, 9.17) is 11.0 Å². The number of rotatable bonds is 2. The molecule has 1 aromatic rings. The minimum absolute atomic E-state index is 0.408. The molecule has 4 N–H and O–H groups in total. The van der Waals surface area contributed by atoms with Crippen LogP contribution in [0.5, 0.6) is 0 Å².